The van der Waals surface area contributed by atoms with E-state index in [9.17, 15) is 9.90 Å². The number of aromatic hydroxyl groups is 1. The van der Waals surface area contributed by atoms with Crippen molar-refractivity contribution in [3.05, 3.63) is 22.2 Å². The number of ether oxygens (including phenoxy) is 1. The number of halogens is 1. The molecule has 5 nitrogen and oxygen atoms in total. The number of aliphatic carboxylic acids is 1. The van der Waals surface area contributed by atoms with E-state index in [-0.39, 0.29) is 11.5 Å². The summed E-state index contributed by atoms with van der Waals surface area (Å²) in [4.78, 5) is 10.7. The lowest BCUT2D eigenvalue weighted by Gasteiger charge is -2.12. The van der Waals surface area contributed by atoms with E-state index in [0.29, 0.717) is 10.0 Å². The van der Waals surface area contributed by atoms with Crippen LogP contribution in [0.5, 0.6) is 11.5 Å². The second kappa shape index (κ2) is 4.50. The summed E-state index contributed by atoms with van der Waals surface area (Å²) in [5.41, 5.74) is 5.79. The summed E-state index contributed by atoms with van der Waals surface area (Å²) < 4.78 is 5.28. The Labute approximate surface area is 94.6 Å². The summed E-state index contributed by atoms with van der Waals surface area (Å²) in [6, 6.07) is 1.57. The Morgan fingerprint density at radius 2 is 2.20 bits per heavy atom. The summed E-state index contributed by atoms with van der Waals surface area (Å²) in [5, 5.41) is 18.1. The van der Waals surface area contributed by atoms with E-state index in [0.717, 1.165) is 0 Å². The van der Waals surface area contributed by atoms with Crippen LogP contribution in [0.15, 0.2) is 16.6 Å². The van der Waals surface area contributed by atoms with Gasteiger partial charge >= 0.3 is 5.97 Å². The number of benzene rings is 1. The third-order valence-corrected chi connectivity index (χ3v) is 2.59. The molecule has 15 heavy (non-hydrogen) atoms. The molecule has 0 bridgehead atoms. The number of carboxylic acids is 1. The van der Waals surface area contributed by atoms with Crippen molar-refractivity contribution in [1.29, 1.82) is 0 Å². The first kappa shape index (κ1) is 11.8. The highest BCUT2D eigenvalue weighted by Crippen LogP contribution is 2.34. The van der Waals surface area contributed by atoms with E-state index >= 15 is 0 Å². The molecular formula is C9H10BrNO4. The number of phenols is 1. The molecule has 0 aliphatic heterocycles. The maximum absolute atomic E-state index is 10.7. The normalized spacial score (nSPS) is 12.2. The Hall–Kier alpha value is -1.27. The molecule has 0 fully saturated rings. The lowest BCUT2D eigenvalue weighted by molar-refractivity contribution is -0.138. The Balaban J connectivity index is 3.24. The second-order valence-corrected chi connectivity index (χ2v) is 3.72. The molecule has 4 N–H and O–H groups in total. The van der Waals surface area contributed by atoms with E-state index in [1.165, 1.54) is 19.2 Å². The van der Waals surface area contributed by atoms with Crippen LogP contribution in [-0.4, -0.2) is 23.3 Å². The molecule has 0 saturated carbocycles. The maximum Gasteiger partial charge on any atom is 0.325 e. The Morgan fingerprint density at radius 1 is 1.60 bits per heavy atom. The molecule has 82 valence electrons. The predicted molar refractivity (Wildman–Crippen MR) is 56.9 cm³/mol. The summed E-state index contributed by atoms with van der Waals surface area (Å²) in [6.07, 6.45) is 0. The van der Waals surface area contributed by atoms with Gasteiger partial charge in [-0.05, 0) is 17.7 Å². The zero-order valence-electron chi connectivity index (χ0n) is 7.90. The van der Waals surface area contributed by atoms with Crippen molar-refractivity contribution in [1.82, 2.24) is 0 Å². The van der Waals surface area contributed by atoms with Crippen LogP contribution in [0.3, 0.4) is 0 Å². The van der Waals surface area contributed by atoms with Crippen LogP contribution in [0.2, 0.25) is 0 Å². The highest BCUT2D eigenvalue weighted by Gasteiger charge is 2.19. The van der Waals surface area contributed by atoms with Gasteiger partial charge in [-0.3, -0.25) is 4.79 Å². The zero-order chi connectivity index (χ0) is 11.6. The average molecular weight is 276 g/mol. The van der Waals surface area contributed by atoms with Gasteiger partial charge in [0.2, 0.25) is 0 Å². The summed E-state index contributed by atoms with van der Waals surface area (Å²) in [7, 11) is 1.37. The van der Waals surface area contributed by atoms with E-state index < -0.39 is 12.0 Å². The summed E-state index contributed by atoms with van der Waals surface area (Å²) in [5.74, 6) is -1.04. The van der Waals surface area contributed by atoms with Gasteiger partial charge in [-0.2, -0.15) is 0 Å². The van der Waals surface area contributed by atoms with Crippen molar-refractivity contribution in [2.45, 2.75) is 6.04 Å². The molecule has 0 aliphatic rings. The first-order valence-electron chi connectivity index (χ1n) is 4.02. The second-order valence-electron chi connectivity index (χ2n) is 2.86. The molecule has 0 aromatic heterocycles. The molecule has 1 rings (SSSR count). The SMILES string of the molecule is COc1cc(C(N)C(=O)O)c(Br)cc1O. The minimum absolute atomic E-state index is 0.0780. The van der Waals surface area contributed by atoms with Crippen LogP contribution < -0.4 is 10.5 Å². The van der Waals surface area contributed by atoms with Crippen LogP contribution >= 0.6 is 15.9 Å². The van der Waals surface area contributed by atoms with Crippen LogP contribution in [0.1, 0.15) is 11.6 Å². The lowest BCUT2D eigenvalue weighted by Crippen LogP contribution is -2.21. The first-order chi connectivity index (χ1) is 6.97. The molecule has 0 heterocycles. The molecule has 0 saturated heterocycles. The van der Waals surface area contributed by atoms with Crippen molar-refractivity contribution in [2.24, 2.45) is 5.73 Å². The number of carboxylic acid groups (broad SMARTS) is 1. The van der Waals surface area contributed by atoms with Crippen molar-refractivity contribution < 1.29 is 19.7 Å². The molecule has 1 aromatic rings. The van der Waals surface area contributed by atoms with Gasteiger partial charge < -0.3 is 20.7 Å². The number of rotatable bonds is 3. The Bertz CT molecular complexity index is 394. The van der Waals surface area contributed by atoms with Gasteiger partial charge in [-0.1, -0.05) is 15.9 Å². The van der Waals surface area contributed by atoms with Crippen LogP contribution in [0, 0.1) is 0 Å². The lowest BCUT2D eigenvalue weighted by atomic mass is 10.1. The minimum Gasteiger partial charge on any atom is -0.504 e. The fourth-order valence-electron chi connectivity index (χ4n) is 1.09. The Kier molecular flexibility index (Phi) is 3.54. The van der Waals surface area contributed by atoms with Crippen molar-refractivity contribution in [3.63, 3.8) is 0 Å². The Morgan fingerprint density at radius 3 is 2.67 bits per heavy atom. The molecule has 0 amide bonds. The molecule has 0 radical (unpaired) electrons. The third kappa shape index (κ3) is 2.40. The fourth-order valence-corrected chi connectivity index (χ4v) is 1.67. The first-order valence-corrected chi connectivity index (χ1v) is 4.81. The number of phenolic OH excluding ortho intramolecular Hbond substituents is 1. The van der Waals surface area contributed by atoms with E-state index in [2.05, 4.69) is 15.9 Å². The predicted octanol–water partition coefficient (Wildman–Crippen LogP) is 1.25. The van der Waals surface area contributed by atoms with Gasteiger partial charge in [-0.15, -0.1) is 0 Å². The molecule has 0 spiro atoms. The van der Waals surface area contributed by atoms with Crippen LogP contribution in [0.4, 0.5) is 0 Å². The van der Waals surface area contributed by atoms with Crippen molar-refractivity contribution >= 4 is 21.9 Å². The van der Waals surface area contributed by atoms with E-state index in [4.69, 9.17) is 15.6 Å². The number of hydrogen-bond acceptors (Lipinski definition) is 4. The molecule has 1 unspecified atom stereocenters. The van der Waals surface area contributed by atoms with Crippen LogP contribution in [0.25, 0.3) is 0 Å². The largest absolute Gasteiger partial charge is 0.504 e. The standard InChI is InChI=1S/C9H10BrNO4/c1-15-7-2-4(8(11)9(13)14)5(10)3-6(7)12/h2-3,8,12H,11H2,1H3,(H,13,14). The van der Waals surface area contributed by atoms with Gasteiger partial charge in [0.05, 0.1) is 7.11 Å². The average Bonchev–Trinajstić information content (AvgIpc) is 2.17. The number of carbonyl (C=O) groups is 1. The highest BCUT2D eigenvalue weighted by molar-refractivity contribution is 9.10. The monoisotopic (exact) mass is 275 g/mol. The summed E-state index contributed by atoms with van der Waals surface area (Å²) >= 11 is 3.12. The van der Waals surface area contributed by atoms with E-state index in [1.807, 2.05) is 0 Å². The van der Waals surface area contributed by atoms with Crippen LogP contribution in [-0.2, 0) is 4.79 Å². The molecule has 1 aromatic carbocycles. The van der Waals surface area contributed by atoms with Crippen molar-refractivity contribution in [2.75, 3.05) is 7.11 Å². The molecule has 0 aliphatic carbocycles. The smallest absolute Gasteiger partial charge is 0.325 e. The van der Waals surface area contributed by atoms with E-state index in [1.54, 1.807) is 0 Å². The molecular weight excluding hydrogens is 266 g/mol. The zero-order valence-corrected chi connectivity index (χ0v) is 9.48. The number of hydrogen-bond donors (Lipinski definition) is 3. The third-order valence-electron chi connectivity index (χ3n) is 1.90. The maximum atomic E-state index is 10.7. The van der Waals surface area contributed by atoms with Gasteiger partial charge in [0.15, 0.2) is 11.5 Å². The van der Waals surface area contributed by atoms with Gasteiger partial charge in [-0.25, -0.2) is 0 Å². The minimum atomic E-state index is -1.16. The topological polar surface area (TPSA) is 92.8 Å². The van der Waals surface area contributed by atoms with Gasteiger partial charge in [0, 0.05) is 4.47 Å². The molecule has 6 heteroatoms. The summed E-state index contributed by atoms with van der Waals surface area (Å²) in [6.45, 7) is 0. The number of methoxy groups -OCH3 is 1. The number of nitrogens with two attached hydrogens (primary N) is 1. The van der Waals surface area contributed by atoms with Gasteiger partial charge in [0.25, 0.3) is 0 Å². The molecule has 1 atom stereocenters. The quantitative estimate of drug-likeness (QED) is 0.772. The highest BCUT2D eigenvalue weighted by atomic mass is 79.9. The van der Waals surface area contributed by atoms with Crippen molar-refractivity contribution in [3.8, 4) is 11.5 Å². The fraction of sp³-hybridized carbons (Fsp3) is 0.222. The van der Waals surface area contributed by atoms with Gasteiger partial charge in [0.1, 0.15) is 6.04 Å².